The van der Waals surface area contributed by atoms with Gasteiger partial charge in [0.2, 0.25) is 0 Å². The molecule has 2 nitrogen and oxygen atoms in total. The largest absolute Gasteiger partial charge is 0.302 e. The van der Waals surface area contributed by atoms with Crippen molar-refractivity contribution in [1.29, 1.82) is 0 Å². The Kier molecular flexibility index (Phi) is 14.9. The molecule has 0 aliphatic rings. The van der Waals surface area contributed by atoms with Crippen molar-refractivity contribution in [3.63, 3.8) is 0 Å². The van der Waals surface area contributed by atoms with Crippen LogP contribution in [0.4, 0.5) is 0 Å². The summed E-state index contributed by atoms with van der Waals surface area (Å²) in [6.07, 6.45) is 16.4. The minimum Gasteiger partial charge on any atom is -0.302 e. The molecule has 0 unspecified atom stereocenters. The van der Waals surface area contributed by atoms with Gasteiger partial charge in [0.15, 0.2) is 0 Å². The number of unbranched alkanes of at least 4 members (excludes halogenated alkanes) is 10. The number of benzene rings is 2. The fourth-order valence-corrected chi connectivity index (χ4v) is 4.80. The Morgan fingerprint density at radius 1 is 0.500 bits per heavy atom. The van der Waals surface area contributed by atoms with Gasteiger partial charge in [-0.3, -0.25) is 0 Å². The van der Waals surface area contributed by atoms with Gasteiger partial charge < -0.3 is 9.80 Å². The lowest BCUT2D eigenvalue weighted by Crippen LogP contribution is -2.19. The average Bonchev–Trinajstić information content (AvgIpc) is 2.84. The third kappa shape index (κ3) is 12.2. The first kappa shape index (κ1) is 28.6. The second-order valence-electron chi connectivity index (χ2n) is 10.4. The smallest absolute Gasteiger partial charge is 0.0230 e. The molecule has 0 saturated heterocycles. The first-order valence-corrected chi connectivity index (χ1v) is 14.2. The molecule has 0 aromatic heterocycles. The second-order valence-corrected chi connectivity index (χ2v) is 10.4. The molecule has 0 bridgehead atoms. The Labute approximate surface area is 211 Å². The molecule has 34 heavy (non-hydrogen) atoms. The summed E-state index contributed by atoms with van der Waals surface area (Å²) in [7, 11) is 4.53. The van der Waals surface area contributed by atoms with E-state index in [-0.39, 0.29) is 0 Å². The van der Waals surface area contributed by atoms with E-state index in [0.717, 1.165) is 13.1 Å². The van der Waals surface area contributed by atoms with Gasteiger partial charge in [-0.25, -0.2) is 0 Å². The Bertz CT molecular complexity index is 704. The van der Waals surface area contributed by atoms with Gasteiger partial charge in [-0.2, -0.15) is 0 Å². The van der Waals surface area contributed by atoms with Crippen molar-refractivity contribution < 1.29 is 0 Å². The Hall–Kier alpha value is -1.64. The SMILES string of the molecule is CCCCCCCCN(C)Cc1cccc(-c2cccc(CN(C)CCCCCCCC)c2)c1. The van der Waals surface area contributed by atoms with Crippen LogP contribution in [0, 0.1) is 0 Å². The maximum Gasteiger partial charge on any atom is 0.0230 e. The van der Waals surface area contributed by atoms with E-state index in [1.165, 1.54) is 112 Å². The highest BCUT2D eigenvalue weighted by molar-refractivity contribution is 5.64. The number of rotatable bonds is 19. The maximum atomic E-state index is 2.48. The van der Waals surface area contributed by atoms with Gasteiger partial charge >= 0.3 is 0 Å². The van der Waals surface area contributed by atoms with Crippen LogP contribution in [0.15, 0.2) is 48.5 Å². The van der Waals surface area contributed by atoms with E-state index in [1.807, 2.05) is 0 Å². The quantitative estimate of drug-likeness (QED) is 0.191. The highest BCUT2D eigenvalue weighted by Crippen LogP contribution is 2.23. The molecule has 2 heteroatoms. The average molecular weight is 465 g/mol. The van der Waals surface area contributed by atoms with E-state index < -0.39 is 0 Å². The molecular weight excluding hydrogens is 412 g/mol. The standard InChI is InChI=1S/C32H52N2/c1-5-7-9-11-13-15-23-33(3)27-29-19-17-21-31(25-29)32-22-18-20-30(26-32)28-34(4)24-16-14-12-10-8-6-2/h17-22,25-26H,5-16,23-24,27-28H2,1-4H3. The van der Waals surface area contributed by atoms with Gasteiger partial charge in [0, 0.05) is 13.1 Å². The van der Waals surface area contributed by atoms with Crippen molar-refractivity contribution in [3.8, 4) is 11.1 Å². The summed E-state index contributed by atoms with van der Waals surface area (Å²) in [5.41, 5.74) is 5.50. The summed E-state index contributed by atoms with van der Waals surface area (Å²) >= 11 is 0. The lowest BCUT2D eigenvalue weighted by atomic mass is 10.0. The fraction of sp³-hybridized carbons (Fsp3) is 0.625. The minimum atomic E-state index is 1.03. The predicted molar refractivity (Wildman–Crippen MR) is 151 cm³/mol. The molecule has 0 aliphatic heterocycles. The lowest BCUT2D eigenvalue weighted by molar-refractivity contribution is 0.316. The van der Waals surface area contributed by atoms with Gasteiger partial charge in [-0.15, -0.1) is 0 Å². The second kappa shape index (κ2) is 17.7. The van der Waals surface area contributed by atoms with Gasteiger partial charge in [-0.05, 0) is 74.4 Å². The highest BCUT2D eigenvalue weighted by atomic mass is 15.1. The topological polar surface area (TPSA) is 6.48 Å². The summed E-state index contributed by atoms with van der Waals surface area (Å²) in [6.45, 7) is 9.02. The molecule has 190 valence electrons. The molecule has 0 fully saturated rings. The van der Waals surface area contributed by atoms with E-state index >= 15 is 0 Å². The van der Waals surface area contributed by atoms with E-state index in [9.17, 15) is 0 Å². The monoisotopic (exact) mass is 464 g/mol. The van der Waals surface area contributed by atoms with Crippen LogP contribution < -0.4 is 0 Å². The fourth-order valence-electron chi connectivity index (χ4n) is 4.80. The number of nitrogens with zero attached hydrogens (tertiary/aromatic N) is 2. The summed E-state index contributed by atoms with van der Waals surface area (Å²) < 4.78 is 0. The van der Waals surface area contributed by atoms with Gasteiger partial charge in [-0.1, -0.05) is 114 Å². The molecule has 0 spiro atoms. The third-order valence-corrected chi connectivity index (χ3v) is 6.88. The zero-order chi connectivity index (χ0) is 24.4. The van der Waals surface area contributed by atoms with Crippen LogP contribution >= 0.6 is 0 Å². The van der Waals surface area contributed by atoms with E-state index in [4.69, 9.17) is 0 Å². The van der Waals surface area contributed by atoms with Crippen LogP contribution in [-0.2, 0) is 13.1 Å². The van der Waals surface area contributed by atoms with Crippen molar-refractivity contribution in [2.24, 2.45) is 0 Å². The van der Waals surface area contributed by atoms with Gasteiger partial charge in [0.05, 0.1) is 0 Å². The van der Waals surface area contributed by atoms with Gasteiger partial charge in [0.25, 0.3) is 0 Å². The van der Waals surface area contributed by atoms with E-state index in [0.29, 0.717) is 0 Å². The van der Waals surface area contributed by atoms with Crippen molar-refractivity contribution in [3.05, 3.63) is 59.7 Å². The summed E-state index contributed by atoms with van der Waals surface area (Å²) in [6, 6.07) is 18.3. The van der Waals surface area contributed by atoms with Crippen molar-refractivity contribution in [2.45, 2.75) is 104 Å². The molecule has 2 aromatic carbocycles. The van der Waals surface area contributed by atoms with Gasteiger partial charge in [0.1, 0.15) is 0 Å². The molecule has 0 heterocycles. The number of hydrogen-bond donors (Lipinski definition) is 0. The number of hydrogen-bond acceptors (Lipinski definition) is 2. The molecule has 2 aromatic rings. The first-order valence-electron chi connectivity index (χ1n) is 14.2. The third-order valence-electron chi connectivity index (χ3n) is 6.88. The molecule has 2 rings (SSSR count). The predicted octanol–water partition coefficient (Wildman–Crippen LogP) is 8.94. The zero-order valence-corrected chi connectivity index (χ0v) is 22.8. The Balaban J connectivity index is 1.81. The zero-order valence-electron chi connectivity index (χ0n) is 22.8. The van der Waals surface area contributed by atoms with Crippen molar-refractivity contribution in [1.82, 2.24) is 9.80 Å². The molecule has 0 N–H and O–H groups in total. The summed E-state index contributed by atoms with van der Waals surface area (Å²) in [5, 5.41) is 0. The normalized spacial score (nSPS) is 11.6. The molecule has 0 saturated carbocycles. The lowest BCUT2D eigenvalue weighted by Gasteiger charge is -2.18. The Morgan fingerprint density at radius 3 is 1.29 bits per heavy atom. The maximum absolute atomic E-state index is 2.48. The van der Waals surface area contributed by atoms with Crippen molar-refractivity contribution in [2.75, 3.05) is 27.2 Å². The molecular formula is C32H52N2. The van der Waals surface area contributed by atoms with Crippen LogP contribution in [0.5, 0.6) is 0 Å². The molecule has 0 aliphatic carbocycles. The first-order chi connectivity index (χ1) is 16.6. The molecule has 0 amide bonds. The van der Waals surface area contributed by atoms with Crippen LogP contribution in [0.2, 0.25) is 0 Å². The van der Waals surface area contributed by atoms with Crippen LogP contribution in [0.3, 0.4) is 0 Å². The van der Waals surface area contributed by atoms with E-state index in [1.54, 1.807) is 0 Å². The van der Waals surface area contributed by atoms with E-state index in [2.05, 4.69) is 86.3 Å². The van der Waals surface area contributed by atoms with Crippen LogP contribution in [-0.4, -0.2) is 37.0 Å². The molecule has 0 atom stereocenters. The highest BCUT2D eigenvalue weighted by Gasteiger charge is 2.06. The Morgan fingerprint density at radius 2 is 0.882 bits per heavy atom. The van der Waals surface area contributed by atoms with Crippen LogP contribution in [0.25, 0.3) is 11.1 Å². The van der Waals surface area contributed by atoms with Crippen molar-refractivity contribution >= 4 is 0 Å². The summed E-state index contributed by atoms with van der Waals surface area (Å²) in [5.74, 6) is 0. The van der Waals surface area contributed by atoms with Crippen LogP contribution in [0.1, 0.15) is 102 Å². The molecule has 0 radical (unpaired) electrons. The summed E-state index contributed by atoms with van der Waals surface area (Å²) in [4.78, 5) is 4.96. The minimum absolute atomic E-state index is 1.03.